The second kappa shape index (κ2) is 37.8. The Bertz CT molecular complexity index is 5260. The van der Waals surface area contributed by atoms with Crippen molar-refractivity contribution in [1.29, 1.82) is 0 Å². The maximum Gasteiger partial charge on any atom is 0.408 e. The Kier molecular flexibility index (Phi) is 27.7. The third-order valence-electron chi connectivity index (χ3n) is 25.4. The molecule has 4 aromatic carbocycles. The van der Waals surface area contributed by atoms with E-state index >= 15 is 0 Å². The molecule has 8 aliphatic heterocycles. The molecule has 6 atom stereocenters. The molecule has 0 saturated carbocycles. The highest BCUT2D eigenvalue weighted by atomic mass is 32.1. The van der Waals surface area contributed by atoms with Gasteiger partial charge in [-0.3, -0.25) is 49.0 Å². The van der Waals surface area contributed by atoms with Crippen LogP contribution in [0, 0.1) is 10.8 Å². The van der Waals surface area contributed by atoms with Crippen molar-refractivity contribution in [3.8, 4) is 44.8 Å². The van der Waals surface area contributed by atoms with Gasteiger partial charge in [-0.2, -0.15) is 13.5 Å². The number of esters is 2. The number of morpholine rings is 2. The molecule has 8 aromatic rings. The van der Waals surface area contributed by atoms with E-state index in [1.165, 1.54) is 28.2 Å². The van der Waals surface area contributed by atoms with Crippen LogP contribution in [-0.2, 0) is 81.6 Å². The molecule has 0 unspecified atom stereocenters. The molecule has 3 amide bonds. The quantitative estimate of drug-likeness (QED) is 0.0534. The number of hydrogen-bond acceptors (Lipinski definition) is 19. The van der Waals surface area contributed by atoms with Crippen LogP contribution in [0.1, 0.15) is 185 Å². The first-order chi connectivity index (χ1) is 58.7. The Morgan fingerprint density at radius 3 is 1.45 bits per heavy atom. The van der Waals surface area contributed by atoms with Crippen LogP contribution in [-0.4, -0.2) is 216 Å². The summed E-state index contributed by atoms with van der Waals surface area (Å²) >= 11 is 0. The van der Waals surface area contributed by atoms with E-state index in [0.29, 0.717) is 99.1 Å². The maximum atomic E-state index is 14.9. The van der Waals surface area contributed by atoms with Crippen molar-refractivity contribution in [2.75, 3.05) is 115 Å². The summed E-state index contributed by atoms with van der Waals surface area (Å²) in [5, 5.41) is 7.40. The first kappa shape index (κ1) is 91.0. The number of alkyl halides is 4. The van der Waals surface area contributed by atoms with Crippen LogP contribution in [0.4, 0.5) is 33.7 Å². The Balaban J connectivity index is 0.000000201. The predicted molar refractivity (Wildman–Crippen MR) is 479 cm³/mol. The molecule has 5 N–H and O–H groups in total. The number of aromatic nitrogens is 4. The average Bonchev–Trinajstić information content (AvgIpc) is 1.58. The number of benzene rings is 4. The van der Waals surface area contributed by atoms with Crippen molar-refractivity contribution in [2.24, 2.45) is 16.6 Å². The number of piperazine rings is 2. The van der Waals surface area contributed by atoms with Gasteiger partial charge in [0.15, 0.2) is 0 Å². The van der Waals surface area contributed by atoms with Gasteiger partial charge in [0.25, 0.3) is 24.7 Å². The average molecular weight is 1730 g/mol. The molecule has 16 rings (SSSR count). The molecule has 4 aromatic heterocycles. The van der Waals surface area contributed by atoms with Crippen molar-refractivity contribution in [1.82, 2.24) is 55.1 Å². The SMILES string of the molecule is CCn1c(-c2cc(N3CCN4CCOC[C@@H]4C3)cnc2C(C)C)c2c3cc(ccc31)-c1cc(cc(C(F)F)c1)C[C@H](N)C(=O)N1CCC[C@H](N1)C(=O)OCC(C)(C)C2.CCn1c(-c2cc(N3CCN4CCOC[C@@H]4C3)cnc2C(C)C)c2c3cc(ccc31)-c1cc(cc(C(F)F)c1)C[C@H](NC(=O)OC(C)(C)C)C(=O)N1CCC[C@H](N1)C(=O)OCC(C)(C)C2.S. The number of cyclic esters (lactones) is 2. The topological polar surface area (TPSA) is 249 Å². The second-order valence-electron chi connectivity index (χ2n) is 37.9. The molecule has 24 nitrogen and oxygen atoms in total. The van der Waals surface area contributed by atoms with E-state index in [1.807, 2.05) is 36.7 Å². The molecule has 0 spiro atoms. The van der Waals surface area contributed by atoms with Gasteiger partial charge in [-0.1, -0.05) is 91.8 Å². The maximum absolute atomic E-state index is 14.9. The summed E-state index contributed by atoms with van der Waals surface area (Å²) in [7, 11) is 0. The van der Waals surface area contributed by atoms with Crippen LogP contribution in [0.25, 0.3) is 66.6 Å². The van der Waals surface area contributed by atoms with Gasteiger partial charge in [0.05, 0.1) is 104 Å². The number of rotatable bonds is 11. The Morgan fingerprint density at radius 1 is 0.581 bits per heavy atom. The molecule has 8 aliphatic rings. The van der Waals surface area contributed by atoms with Crippen molar-refractivity contribution in [2.45, 2.75) is 221 Å². The lowest BCUT2D eigenvalue weighted by molar-refractivity contribution is -0.156. The second-order valence-corrected chi connectivity index (χ2v) is 37.9. The molecule has 6 fully saturated rings. The number of alkyl carbamates (subject to hydrolysis) is 1. The standard InChI is InChI=1S/C50H65F2N7O6.C45H57F2N7O4.H2S/c1-9-58-42-13-12-32-23-37(42)39(44(58)38-24-35(26-53-43(38)30(2)3)57-16-15-56-17-18-63-28-36(56)27-57)25-50(7,8)29-64-47(61)40-11-10-14-59(55-40)46(60)41(54-48(62)65-49(4,5)6)21-31-19-33(32)22-34(20-31)45(51)52;1-6-53-39-10-9-29-20-34(39)36(41(53)35-21-32(23-49-40(35)27(2)3)52-13-12-51-14-15-57-25-33(51)24-52)22-45(4,5)26-58-44(56)38-8-7-11-54(50-38)43(55)37(48)18-28-16-30(29)19-31(17-28)42(46)47;/h12-13,19-20,22-24,26,30,36,40-41,45,55H,9-11,14-18,21,25,27-29H2,1-8H3,(H,54,62);9-10,16-17,19-21,23,27,33,37-38,42,50H,6-8,11-15,18,22,24-26,48H2,1-5H3;1H2/t36-,40-,41-;33-,37-,38-;/m00./s1. The van der Waals surface area contributed by atoms with Crippen LogP contribution in [0.15, 0.2) is 97.3 Å². The minimum atomic E-state index is -2.80. The van der Waals surface area contributed by atoms with Crippen LogP contribution in [0.2, 0.25) is 0 Å². The number of carbonyl (C=O) groups is 5. The number of pyridine rings is 2. The van der Waals surface area contributed by atoms with Crippen molar-refractivity contribution in [3.05, 3.63) is 142 Å². The zero-order valence-electron chi connectivity index (χ0n) is 74.0. The van der Waals surface area contributed by atoms with Crippen LogP contribution < -0.4 is 31.7 Å². The van der Waals surface area contributed by atoms with Gasteiger partial charge in [0.2, 0.25) is 0 Å². The summed E-state index contributed by atoms with van der Waals surface area (Å²) in [4.78, 5) is 88.9. The number of carbonyl (C=O) groups excluding carboxylic acids is 5. The lowest BCUT2D eigenvalue weighted by atomic mass is 9.83. The van der Waals surface area contributed by atoms with E-state index in [4.69, 9.17) is 39.4 Å². The number of nitrogens with zero attached hydrogens (tertiary/aromatic N) is 10. The minimum absolute atomic E-state index is 0. The molecule has 0 aliphatic carbocycles. The summed E-state index contributed by atoms with van der Waals surface area (Å²) in [6.45, 7) is 38.9. The molecular weight excluding hydrogens is 1610 g/mol. The highest BCUT2D eigenvalue weighted by molar-refractivity contribution is 7.59. The Morgan fingerprint density at radius 2 is 1.02 bits per heavy atom. The smallest absolute Gasteiger partial charge is 0.408 e. The summed E-state index contributed by atoms with van der Waals surface area (Å²) in [6.07, 6.45) is 0.751. The highest BCUT2D eigenvalue weighted by Gasteiger charge is 2.41. The largest absolute Gasteiger partial charge is 0.464 e. The normalized spacial score (nSPS) is 22.5. The molecule has 0 radical (unpaired) electrons. The van der Waals surface area contributed by atoms with Gasteiger partial charge in [0, 0.05) is 140 Å². The van der Waals surface area contributed by atoms with E-state index in [1.54, 1.807) is 26.8 Å². The van der Waals surface area contributed by atoms with Gasteiger partial charge >= 0.3 is 18.0 Å². The fraction of sp³-hybridized carbons (Fsp3) is 0.547. The Hall–Kier alpha value is -9.20. The molecule has 6 saturated heterocycles. The molecule has 29 heteroatoms. The van der Waals surface area contributed by atoms with Gasteiger partial charge in [-0.05, 0) is 184 Å². The molecule has 124 heavy (non-hydrogen) atoms. The van der Waals surface area contributed by atoms with Crippen LogP contribution in [0.5, 0.6) is 0 Å². The number of hydrazine groups is 2. The van der Waals surface area contributed by atoms with Crippen molar-refractivity contribution < 1.29 is 65.2 Å². The fourth-order valence-electron chi connectivity index (χ4n) is 19.3. The Labute approximate surface area is 732 Å². The monoisotopic (exact) mass is 1730 g/mol. The predicted octanol–water partition coefficient (Wildman–Crippen LogP) is 14.6. The van der Waals surface area contributed by atoms with E-state index in [0.717, 1.165) is 162 Å². The number of aryl methyl sites for hydroxylation is 2. The number of anilines is 2. The first-order valence-electron chi connectivity index (χ1n) is 44.2. The third-order valence-corrected chi connectivity index (χ3v) is 25.4. The van der Waals surface area contributed by atoms with E-state index < -0.39 is 83.3 Å². The molecular formula is C95H124F4N14O10S. The molecule has 668 valence electrons. The molecule has 12 bridgehead atoms. The fourth-order valence-corrected chi connectivity index (χ4v) is 19.3. The number of fused-ring (bicyclic) bond motifs is 14. The van der Waals surface area contributed by atoms with Gasteiger partial charge in [0.1, 0.15) is 23.7 Å². The first-order valence-corrected chi connectivity index (χ1v) is 44.2. The highest BCUT2D eigenvalue weighted by Crippen LogP contribution is 2.47. The van der Waals surface area contributed by atoms with Crippen LogP contribution in [0.3, 0.4) is 0 Å². The summed E-state index contributed by atoms with van der Waals surface area (Å²) < 4.78 is 92.9. The van der Waals surface area contributed by atoms with Gasteiger partial charge < -0.3 is 53.7 Å². The van der Waals surface area contributed by atoms with E-state index in [2.05, 4.69) is 151 Å². The summed E-state index contributed by atoms with van der Waals surface area (Å²) in [5.74, 6) is -1.60. The van der Waals surface area contributed by atoms with Gasteiger partial charge in [-0.25, -0.2) is 33.2 Å². The number of nitrogens with two attached hydrogens (primary N) is 1. The number of ether oxygens (including phenoxy) is 5. The zero-order valence-corrected chi connectivity index (χ0v) is 75.0. The molecule has 12 heterocycles. The zero-order chi connectivity index (χ0) is 87.3. The summed E-state index contributed by atoms with van der Waals surface area (Å²) in [6, 6.07) is 23.4. The van der Waals surface area contributed by atoms with Gasteiger partial charge in [-0.15, -0.1) is 0 Å². The number of hydrogen-bond donors (Lipinski definition) is 4. The number of amides is 3. The summed E-state index contributed by atoms with van der Waals surface area (Å²) in [5.41, 5.74) is 26.4. The lowest BCUT2D eigenvalue weighted by Gasteiger charge is -2.44. The minimum Gasteiger partial charge on any atom is -0.464 e. The van der Waals surface area contributed by atoms with Crippen molar-refractivity contribution >= 4 is 76.5 Å². The van der Waals surface area contributed by atoms with E-state index in [9.17, 15) is 41.5 Å². The lowest BCUT2D eigenvalue weighted by Crippen LogP contribution is -2.60. The number of halogens is 4. The van der Waals surface area contributed by atoms with Crippen LogP contribution >= 0.6 is 13.5 Å². The van der Waals surface area contributed by atoms with Crippen molar-refractivity contribution in [3.63, 3.8) is 0 Å². The number of nitrogens with one attached hydrogen (secondary N) is 3. The third kappa shape index (κ3) is 20.0. The van der Waals surface area contributed by atoms with E-state index in [-0.39, 0.29) is 69.1 Å².